The van der Waals surface area contributed by atoms with Gasteiger partial charge in [0.15, 0.2) is 12.1 Å². The molecule has 3 heterocycles. The van der Waals surface area contributed by atoms with E-state index in [4.69, 9.17) is 18.9 Å². The lowest BCUT2D eigenvalue weighted by atomic mass is 10.1. The fourth-order valence-electron chi connectivity index (χ4n) is 2.31. The molecule has 0 aromatic carbocycles. The highest BCUT2D eigenvalue weighted by Gasteiger charge is 2.59. The normalized spacial score (nSPS) is 54.6. The third-order valence-corrected chi connectivity index (χ3v) is 2.87. The van der Waals surface area contributed by atoms with E-state index in [9.17, 15) is 5.11 Å². The van der Waals surface area contributed by atoms with Crippen molar-refractivity contribution in [3.63, 3.8) is 0 Å². The fourth-order valence-corrected chi connectivity index (χ4v) is 2.31. The smallest absolute Gasteiger partial charge is 0.190 e. The fraction of sp³-hybridized carbons (Fsp3) is 1.00. The number of aliphatic hydroxyl groups excluding tert-OH is 1. The molecule has 0 aliphatic carbocycles. The van der Waals surface area contributed by atoms with Crippen LogP contribution in [0.15, 0.2) is 0 Å². The van der Waals surface area contributed by atoms with Crippen LogP contribution >= 0.6 is 0 Å². The zero-order valence-corrected chi connectivity index (χ0v) is 8.17. The molecule has 0 aromatic heterocycles. The molecule has 0 spiro atoms. The van der Waals surface area contributed by atoms with Crippen molar-refractivity contribution in [2.24, 2.45) is 0 Å². The molecule has 0 unspecified atom stereocenters. The quantitative estimate of drug-likeness (QED) is 0.580. The van der Waals surface area contributed by atoms with E-state index >= 15 is 0 Å². The molecule has 3 fully saturated rings. The third kappa shape index (κ3) is 1.14. The van der Waals surface area contributed by atoms with Crippen molar-refractivity contribution in [3.05, 3.63) is 0 Å². The van der Waals surface area contributed by atoms with Crippen LogP contribution in [0.25, 0.3) is 0 Å². The first-order valence-electron chi connectivity index (χ1n) is 4.88. The van der Waals surface area contributed by atoms with Gasteiger partial charge in [0.2, 0.25) is 0 Å². The monoisotopic (exact) mass is 202 g/mol. The van der Waals surface area contributed by atoms with Crippen LogP contribution in [0, 0.1) is 0 Å². The van der Waals surface area contributed by atoms with Crippen LogP contribution in [0.4, 0.5) is 0 Å². The molecule has 0 radical (unpaired) electrons. The molecule has 0 amide bonds. The molecule has 0 aromatic rings. The van der Waals surface area contributed by atoms with Crippen LogP contribution in [0.3, 0.4) is 0 Å². The number of fused-ring (bicyclic) bond motifs is 3. The minimum absolute atomic E-state index is 0.184. The summed E-state index contributed by atoms with van der Waals surface area (Å²) in [6.07, 6.45) is -1.62. The summed E-state index contributed by atoms with van der Waals surface area (Å²) in [6, 6.07) is 0. The molecular formula is C9H14O5. The average molecular weight is 202 g/mol. The van der Waals surface area contributed by atoms with Gasteiger partial charge in [-0.2, -0.15) is 0 Å². The van der Waals surface area contributed by atoms with Gasteiger partial charge in [0.25, 0.3) is 0 Å². The Hall–Kier alpha value is -0.200. The zero-order valence-electron chi connectivity index (χ0n) is 8.17. The Morgan fingerprint density at radius 3 is 2.71 bits per heavy atom. The summed E-state index contributed by atoms with van der Waals surface area (Å²) < 4.78 is 22.1. The topological polar surface area (TPSA) is 57.2 Å². The Morgan fingerprint density at radius 1 is 1.14 bits per heavy atom. The largest absolute Gasteiger partial charge is 0.388 e. The molecule has 5 atom stereocenters. The van der Waals surface area contributed by atoms with Gasteiger partial charge in [-0.25, -0.2) is 0 Å². The molecular weight excluding hydrogens is 188 g/mol. The Labute approximate surface area is 81.9 Å². The van der Waals surface area contributed by atoms with Gasteiger partial charge in [0.05, 0.1) is 6.61 Å². The summed E-state index contributed by atoms with van der Waals surface area (Å²) >= 11 is 0. The lowest BCUT2D eigenvalue weighted by Crippen LogP contribution is -2.35. The van der Waals surface area contributed by atoms with Crippen molar-refractivity contribution in [2.75, 3.05) is 6.61 Å². The van der Waals surface area contributed by atoms with Crippen LogP contribution in [0.1, 0.15) is 13.8 Å². The van der Waals surface area contributed by atoms with Crippen LogP contribution in [-0.4, -0.2) is 48.2 Å². The molecule has 1 N–H and O–H groups in total. The van der Waals surface area contributed by atoms with Gasteiger partial charge in [-0.3, -0.25) is 0 Å². The van der Waals surface area contributed by atoms with E-state index < -0.39 is 18.2 Å². The van der Waals surface area contributed by atoms with Gasteiger partial charge in [-0.1, -0.05) is 0 Å². The highest BCUT2D eigenvalue weighted by molar-refractivity contribution is 5.00. The average Bonchev–Trinajstić information content (AvgIpc) is 2.63. The highest BCUT2D eigenvalue weighted by atomic mass is 16.8. The van der Waals surface area contributed by atoms with Crippen molar-refractivity contribution < 1.29 is 24.1 Å². The van der Waals surface area contributed by atoms with Gasteiger partial charge in [0, 0.05) is 0 Å². The lowest BCUT2D eigenvalue weighted by Gasteiger charge is -2.21. The van der Waals surface area contributed by atoms with E-state index in [1.165, 1.54) is 0 Å². The molecule has 0 bridgehead atoms. The van der Waals surface area contributed by atoms with Gasteiger partial charge in [-0.05, 0) is 13.8 Å². The Morgan fingerprint density at radius 2 is 1.93 bits per heavy atom. The standard InChI is InChI=1S/C9H14O5/c1-9(2)13-7-6-5(4(10)3-11-6)12-8(7)14-9/h4-8,10H,3H2,1-2H3/t4-,5-,6-,7+,8-/m1/s1. The number of rotatable bonds is 0. The molecule has 3 aliphatic heterocycles. The molecule has 3 aliphatic rings. The second-order valence-electron chi connectivity index (χ2n) is 4.43. The second-order valence-corrected chi connectivity index (χ2v) is 4.43. The number of hydrogen-bond donors (Lipinski definition) is 1. The van der Waals surface area contributed by atoms with Crippen LogP contribution < -0.4 is 0 Å². The first-order valence-corrected chi connectivity index (χ1v) is 4.88. The predicted octanol–water partition coefficient (Wildman–Crippen LogP) is -0.378. The first-order chi connectivity index (χ1) is 6.57. The zero-order chi connectivity index (χ0) is 9.92. The molecule has 3 saturated heterocycles. The van der Waals surface area contributed by atoms with Crippen molar-refractivity contribution in [1.29, 1.82) is 0 Å². The number of ether oxygens (including phenoxy) is 4. The minimum atomic E-state index is -0.614. The Balaban J connectivity index is 1.80. The molecule has 80 valence electrons. The second kappa shape index (κ2) is 2.68. The van der Waals surface area contributed by atoms with Crippen molar-refractivity contribution in [3.8, 4) is 0 Å². The summed E-state index contributed by atoms with van der Waals surface area (Å²) in [7, 11) is 0. The Kier molecular flexibility index (Phi) is 1.73. The predicted molar refractivity (Wildman–Crippen MR) is 44.4 cm³/mol. The van der Waals surface area contributed by atoms with Crippen molar-refractivity contribution in [2.45, 2.75) is 50.3 Å². The van der Waals surface area contributed by atoms with E-state index in [1.54, 1.807) is 0 Å². The minimum Gasteiger partial charge on any atom is -0.388 e. The SMILES string of the molecule is CC1(C)O[C@H]2O[C@H]3[C@@H](OC[C@H]3O)[C@@H]2O1. The number of hydrogen-bond acceptors (Lipinski definition) is 5. The summed E-state index contributed by atoms with van der Waals surface area (Å²) in [4.78, 5) is 0. The van der Waals surface area contributed by atoms with Gasteiger partial charge >= 0.3 is 0 Å². The third-order valence-electron chi connectivity index (χ3n) is 2.87. The summed E-state index contributed by atoms with van der Waals surface area (Å²) in [6.45, 7) is 4.01. The van der Waals surface area contributed by atoms with Crippen LogP contribution in [0.2, 0.25) is 0 Å². The van der Waals surface area contributed by atoms with E-state index in [0.29, 0.717) is 6.61 Å². The van der Waals surface area contributed by atoms with Gasteiger partial charge in [0.1, 0.15) is 24.4 Å². The van der Waals surface area contributed by atoms with Gasteiger partial charge < -0.3 is 24.1 Å². The lowest BCUT2D eigenvalue weighted by molar-refractivity contribution is -0.214. The molecule has 14 heavy (non-hydrogen) atoms. The summed E-state index contributed by atoms with van der Waals surface area (Å²) in [5.74, 6) is -0.614. The van der Waals surface area contributed by atoms with Crippen LogP contribution in [0.5, 0.6) is 0 Å². The van der Waals surface area contributed by atoms with E-state index in [1.807, 2.05) is 13.8 Å². The Bertz CT molecular complexity index is 254. The summed E-state index contributed by atoms with van der Waals surface area (Å²) in [5, 5.41) is 9.52. The van der Waals surface area contributed by atoms with Gasteiger partial charge in [-0.15, -0.1) is 0 Å². The molecule has 5 heteroatoms. The summed E-state index contributed by atoms with van der Waals surface area (Å²) in [5.41, 5.74) is 0. The van der Waals surface area contributed by atoms with E-state index in [0.717, 1.165) is 0 Å². The molecule has 3 rings (SSSR count). The van der Waals surface area contributed by atoms with Crippen LogP contribution in [-0.2, 0) is 18.9 Å². The number of aliphatic hydroxyl groups is 1. The maximum Gasteiger partial charge on any atom is 0.190 e. The first kappa shape index (κ1) is 9.06. The van der Waals surface area contributed by atoms with Crippen molar-refractivity contribution in [1.82, 2.24) is 0 Å². The maximum atomic E-state index is 9.52. The highest BCUT2D eigenvalue weighted by Crippen LogP contribution is 2.41. The molecule has 5 nitrogen and oxygen atoms in total. The maximum absolute atomic E-state index is 9.52. The molecule has 0 saturated carbocycles. The van der Waals surface area contributed by atoms with E-state index in [2.05, 4.69) is 0 Å². The van der Waals surface area contributed by atoms with Crippen molar-refractivity contribution >= 4 is 0 Å². The van der Waals surface area contributed by atoms with E-state index in [-0.39, 0.29) is 18.3 Å².